The number of amides is 1. The van der Waals surface area contributed by atoms with E-state index in [-0.39, 0.29) is 11.8 Å². The fraction of sp³-hybridized carbons (Fsp3) is 0.650. The highest BCUT2D eigenvalue weighted by Crippen LogP contribution is 2.65. The van der Waals surface area contributed by atoms with Gasteiger partial charge in [-0.05, 0) is 55.2 Å². The van der Waals surface area contributed by atoms with E-state index >= 15 is 0 Å². The first kappa shape index (κ1) is 18.1. The third-order valence-electron chi connectivity index (χ3n) is 6.30. The van der Waals surface area contributed by atoms with Gasteiger partial charge in [-0.25, -0.2) is 0 Å². The van der Waals surface area contributed by atoms with Crippen molar-refractivity contribution in [1.29, 1.82) is 0 Å². The second-order valence-electron chi connectivity index (χ2n) is 7.75. The Morgan fingerprint density at radius 3 is 2.38 bits per heavy atom. The number of rotatable bonds is 3. The Morgan fingerprint density at radius 1 is 1.00 bits per heavy atom. The number of thioether (sulfide) groups is 4. The van der Waals surface area contributed by atoms with E-state index < -0.39 is 0 Å². The highest BCUT2D eigenvalue weighted by Gasteiger charge is 2.57. The van der Waals surface area contributed by atoms with Crippen LogP contribution >= 0.6 is 47.0 Å². The molecule has 1 N–H and O–H groups in total. The number of carbonyl (C=O) groups excluding carboxylic acids is 1. The normalized spacial score (nSPS) is 33.0. The molecule has 2 heterocycles. The van der Waals surface area contributed by atoms with Crippen molar-refractivity contribution in [3.63, 3.8) is 0 Å². The lowest BCUT2D eigenvalue weighted by Gasteiger charge is -2.42. The van der Waals surface area contributed by atoms with Crippen LogP contribution in [0.4, 0.5) is 5.69 Å². The standard InChI is InChI=1S/C20H25NOS4/c22-18(21-17-3-1-2-13(12-17)19-23-6-7-24-19)14-10-15-4-5-16(11-14)20(15)25-8-9-26-20/h1-3,12,14-16,19H,4-11H2,(H,21,22)/t14?,15-,16+. The van der Waals surface area contributed by atoms with Crippen LogP contribution in [-0.2, 0) is 4.79 Å². The maximum absolute atomic E-state index is 13.0. The van der Waals surface area contributed by atoms with Gasteiger partial charge in [-0.1, -0.05) is 12.1 Å². The van der Waals surface area contributed by atoms with Crippen molar-refractivity contribution in [3.8, 4) is 0 Å². The zero-order valence-electron chi connectivity index (χ0n) is 14.8. The molecule has 0 aromatic heterocycles. The van der Waals surface area contributed by atoms with Crippen molar-refractivity contribution in [3.05, 3.63) is 29.8 Å². The minimum absolute atomic E-state index is 0.207. The quantitative estimate of drug-likeness (QED) is 0.672. The lowest BCUT2D eigenvalue weighted by atomic mass is 9.79. The van der Waals surface area contributed by atoms with E-state index in [4.69, 9.17) is 0 Å². The zero-order valence-corrected chi connectivity index (χ0v) is 18.1. The van der Waals surface area contributed by atoms with Crippen LogP contribution in [0.25, 0.3) is 0 Å². The molecule has 2 aliphatic heterocycles. The molecular formula is C20H25NOS4. The van der Waals surface area contributed by atoms with E-state index in [9.17, 15) is 4.79 Å². The summed E-state index contributed by atoms with van der Waals surface area (Å²) in [6, 6.07) is 8.53. The molecule has 26 heavy (non-hydrogen) atoms. The smallest absolute Gasteiger partial charge is 0.227 e. The van der Waals surface area contributed by atoms with E-state index in [1.165, 1.54) is 41.4 Å². The summed E-state index contributed by atoms with van der Waals surface area (Å²) in [4.78, 5) is 13.0. The van der Waals surface area contributed by atoms with Crippen molar-refractivity contribution >= 4 is 58.6 Å². The van der Waals surface area contributed by atoms with Crippen molar-refractivity contribution < 1.29 is 4.79 Å². The van der Waals surface area contributed by atoms with Gasteiger partial charge in [-0.15, -0.1) is 47.0 Å². The average molecular weight is 424 g/mol. The summed E-state index contributed by atoms with van der Waals surface area (Å²) >= 11 is 8.44. The summed E-state index contributed by atoms with van der Waals surface area (Å²) in [6.07, 6.45) is 4.85. The summed E-state index contributed by atoms with van der Waals surface area (Å²) < 4.78 is 1.00. The summed E-state index contributed by atoms with van der Waals surface area (Å²) in [5.74, 6) is 7.02. The van der Waals surface area contributed by atoms with Crippen LogP contribution in [0.5, 0.6) is 0 Å². The molecule has 2 saturated heterocycles. The van der Waals surface area contributed by atoms with Gasteiger partial charge in [0.2, 0.25) is 5.91 Å². The molecule has 2 aliphatic carbocycles. The van der Waals surface area contributed by atoms with Gasteiger partial charge in [-0.3, -0.25) is 4.79 Å². The molecule has 4 aliphatic rings. The molecule has 1 amide bonds. The van der Waals surface area contributed by atoms with Crippen LogP contribution in [-0.4, -0.2) is 33.0 Å². The number of hydrogen-bond donors (Lipinski definition) is 1. The Bertz CT molecular complexity index is 668. The molecule has 3 atom stereocenters. The van der Waals surface area contributed by atoms with Crippen molar-refractivity contribution in [2.45, 2.75) is 34.3 Å². The van der Waals surface area contributed by atoms with Gasteiger partial charge in [-0.2, -0.15) is 0 Å². The number of anilines is 1. The van der Waals surface area contributed by atoms with Gasteiger partial charge in [0, 0.05) is 34.6 Å². The lowest BCUT2D eigenvalue weighted by Crippen LogP contribution is -2.41. The largest absolute Gasteiger partial charge is 0.326 e. The Morgan fingerprint density at radius 2 is 1.69 bits per heavy atom. The molecule has 4 fully saturated rings. The van der Waals surface area contributed by atoms with Crippen molar-refractivity contribution in [1.82, 2.24) is 0 Å². The summed E-state index contributed by atoms with van der Waals surface area (Å²) in [7, 11) is 0. The Kier molecular flexibility index (Phi) is 5.23. The molecule has 1 aromatic carbocycles. The number of carbonyl (C=O) groups is 1. The number of hydrogen-bond acceptors (Lipinski definition) is 5. The summed E-state index contributed by atoms with van der Waals surface area (Å²) in [5, 5.41) is 3.25. The molecule has 1 spiro atoms. The minimum Gasteiger partial charge on any atom is -0.326 e. The first-order valence-corrected chi connectivity index (χ1v) is 13.7. The second-order valence-corrected chi connectivity index (χ2v) is 13.5. The van der Waals surface area contributed by atoms with Gasteiger partial charge in [0.1, 0.15) is 0 Å². The maximum atomic E-state index is 13.0. The highest BCUT2D eigenvalue weighted by atomic mass is 32.2. The fourth-order valence-electron chi connectivity index (χ4n) is 5.17. The van der Waals surface area contributed by atoms with Gasteiger partial charge in [0.05, 0.1) is 8.66 Å². The molecule has 1 unspecified atom stereocenters. The first-order valence-electron chi connectivity index (χ1n) is 9.66. The number of nitrogens with one attached hydrogen (secondary N) is 1. The van der Waals surface area contributed by atoms with Gasteiger partial charge in [0.15, 0.2) is 0 Å². The van der Waals surface area contributed by atoms with Crippen molar-refractivity contribution in [2.24, 2.45) is 17.8 Å². The Hall–Kier alpha value is 0.0900. The molecule has 2 bridgehead atoms. The monoisotopic (exact) mass is 423 g/mol. The molecule has 5 rings (SSSR count). The summed E-state index contributed by atoms with van der Waals surface area (Å²) in [6.45, 7) is 0. The van der Waals surface area contributed by atoms with Gasteiger partial charge >= 0.3 is 0 Å². The predicted molar refractivity (Wildman–Crippen MR) is 119 cm³/mol. The first-order chi connectivity index (χ1) is 12.7. The molecule has 2 saturated carbocycles. The second kappa shape index (κ2) is 7.49. The lowest BCUT2D eigenvalue weighted by molar-refractivity contribution is -0.121. The van der Waals surface area contributed by atoms with E-state index in [2.05, 4.69) is 47.0 Å². The molecule has 0 radical (unpaired) electrons. The van der Waals surface area contributed by atoms with Crippen molar-refractivity contribution in [2.75, 3.05) is 28.3 Å². The topological polar surface area (TPSA) is 29.1 Å². The number of benzene rings is 1. The van der Waals surface area contributed by atoms with Crippen LogP contribution in [0.2, 0.25) is 0 Å². The van der Waals surface area contributed by atoms with Crippen LogP contribution in [0.1, 0.15) is 35.8 Å². The SMILES string of the molecule is O=C(Nc1cccc(C2SCCS2)c1)C1C[C@H]2CC[C@@H](C1)C21SCCS1. The predicted octanol–water partition coefficient (Wildman–Crippen LogP) is 5.72. The highest BCUT2D eigenvalue weighted by molar-refractivity contribution is 8.21. The van der Waals surface area contributed by atoms with E-state index in [1.807, 2.05) is 29.6 Å². The van der Waals surface area contributed by atoms with Crippen LogP contribution in [0, 0.1) is 17.8 Å². The fourth-order valence-corrected chi connectivity index (χ4v) is 11.9. The van der Waals surface area contributed by atoms with E-state index in [0.717, 1.165) is 30.4 Å². The van der Waals surface area contributed by atoms with Crippen LogP contribution in [0.15, 0.2) is 24.3 Å². The molecular weight excluding hydrogens is 398 g/mol. The summed E-state index contributed by atoms with van der Waals surface area (Å²) in [5.41, 5.74) is 2.33. The third kappa shape index (κ3) is 3.23. The maximum Gasteiger partial charge on any atom is 0.227 e. The zero-order chi connectivity index (χ0) is 17.6. The Balaban J connectivity index is 1.26. The van der Waals surface area contributed by atoms with Crippen LogP contribution in [0.3, 0.4) is 0 Å². The average Bonchev–Trinajstić information content (AvgIpc) is 3.38. The third-order valence-corrected chi connectivity index (χ3v) is 13.4. The van der Waals surface area contributed by atoms with Gasteiger partial charge < -0.3 is 5.32 Å². The molecule has 140 valence electrons. The Labute approximate surface area is 173 Å². The van der Waals surface area contributed by atoms with Gasteiger partial charge in [0.25, 0.3) is 0 Å². The molecule has 1 aromatic rings. The van der Waals surface area contributed by atoms with Crippen LogP contribution < -0.4 is 5.32 Å². The van der Waals surface area contributed by atoms with E-state index in [1.54, 1.807) is 0 Å². The molecule has 6 heteroatoms. The molecule has 2 nitrogen and oxygen atoms in total. The van der Waals surface area contributed by atoms with E-state index in [0.29, 0.717) is 8.66 Å². The minimum atomic E-state index is 0.207.